The van der Waals surface area contributed by atoms with Crippen molar-refractivity contribution < 1.29 is 32.2 Å². The Hall–Kier alpha value is -3.75. The standard InChI is InChI=1S/C23H19F3N2O4/c1-30-20-8-7-17(32-23(24,25)26)11-16(20)12-28-13-19-18(15-5-3-2-4-6-15)9-10-27-22(19)31-14-21(28)29/h2-11H,12-14H2,1H3. The number of amides is 1. The van der Waals surface area contributed by atoms with E-state index in [0.29, 0.717) is 22.8 Å². The zero-order valence-electron chi connectivity index (χ0n) is 17.1. The molecule has 9 heteroatoms. The van der Waals surface area contributed by atoms with Crippen molar-refractivity contribution >= 4 is 5.91 Å². The van der Waals surface area contributed by atoms with Gasteiger partial charge in [-0.3, -0.25) is 4.79 Å². The Labute approximate surface area is 182 Å². The van der Waals surface area contributed by atoms with Gasteiger partial charge < -0.3 is 19.1 Å². The van der Waals surface area contributed by atoms with Crippen LogP contribution in [0.4, 0.5) is 13.2 Å². The lowest BCUT2D eigenvalue weighted by atomic mass is 10.0. The molecule has 0 saturated heterocycles. The first-order valence-corrected chi connectivity index (χ1v) is 9.70. The monoisotopic (exact) mass is 444 g/mol. The number of rotatable bonds is 5. The number of aromatic nitrogens is 1. The zero-order valence-corrected chi connectivity index (χ0v) is 17.1. The largest absolute Gasteiger partial charge is 0.573 e. The van der Waals surface area contributed by atoms with Crippen LogP contribution in [-0.4, -0.2) is 35.9 Å². The molecule has 1 aromatic heterocycles. The van der Waals surface area contributed by atoms with E-state index in [1.165, 1.54) is 24.1 Å². The highest BCUT2D eigenvalue weighted by molar-refractivity contribution is 5.80. The van der Waals surface area contributed by atoms with Gasteiger partial charge in [-0.25, -0.2) is 4.98 Å². The molecule has 0 bridgehead atoms. The first kappa shape index (κ1) is 21.5. The van der Waals surface area contributed by atoms with Gasteiger partial charge in [0.25, 0.3) is 5.91 Å². The second-order valence-electron chi connectivity index (χ2n) is 7.07. The predicted octanol–water partition coefficient (Wildman–Crippen LogP) is 4.58. The van der Waals surface area contributed by atoms with E-state index in [1.807, 2.05) is 36.4 Å². The molecule has 1 aliphatic rings. The van der Waals surface area contributed by atoms with Gasteiger partial charge in [0, 0.05) is 23.9 Å². The van der Waals surface area contributed by atoms with Crippen LogP contribution in [-0.2, 0) is 17.9 Å². The summed E-state index contributed by atoms with van der Waals surface area (Å²) >= 11 is 0. The minimum Gasteiger partial charge on any atom is -0.496 e. The summed E-state index contributed by atoms with van der Waals surface area (Å²) in [5, 5.41) is 0. The van der Waals surface area contributed by atoms with E-state index < -0.39 is 6.36 Å². The fourth-order valence-corrected chi connectivity index (χ4v) is 3.56. The van der Waals surface area contributed by atoms with E-state index in [1.54, 1.807) is 6.20 Å². The lowest BCUT2D eigenvalue weighted by Crippen LogP contribution is -2.32. The summed E-state index contributed by atoms with van der Waals surface area (Å²) in [5.41, 5.74) is 2.88. The molecule has 3 aromatic rings. The van der Waals surface area contributed by atoms with Crippen LogP contribution in [0.25, 0.3) is 11.1 Å². The molecule has 166 valence electrons. The molecule has 0 fully saturated rings. The Kier molecular flexibility index (Phi) is 5.89. The summed E-state index contributed by atoms with van der Waals surface area (Å²) in [4.78, 5) is 18.5. The number of benzene rings is 2. The Morgan fingerprint density at radius 2 is 1.91 bits per heavy atom. The Morgan fingerprint density at radius 1 is 1.12 bits per heavy atom. The van der Waals surface area contributed by atoms with Gasteiger partial charge in [0.2, 0.25) is 5.88 Å². The molecule has 0 spiro atoms. The Morgan fingerprint density at radius 3 is 2.62 bits per heavy atom. The summed E-state index contributed by atoms with van der Waals surface area (Å²) in [6, 6.07) is 15.2. The van der Waals surface area contributed by atoms with Crippen molar-refractivity contribution in [1.82, 2.24) is 9.88 Å². The molecule has 1 amide bonds. The number of hydrogen-bond donors (Lipinski definition) is 0. The molecule has 0 aliphatic carbocycles. The minimum atomic E-state index is -4.83. The molecule has 0 radical (unpaired) electrons. The van der Waals surface area contributed by atoms with Gasteiger partial charge in [-0.15, -0.1) is 13.2 Å². The summed E-state index contributed by atoms with van der Waals surface area (Å²) in [7, 11) is 1.41. The van der Waals surface area contributed by atoms with Crippen molar-refractivity contribution in [2.75, 3.05) is 13.7 Å². The molecule has 1 aliphatic heterocycles. The lowest BCUT2D eigenvalue weighted by Gasteiger charge is -2.23. The predicted molar refractivity (Wildman–Crippen MR) is 109 cm³/mol. The van der Waals surface area contributed by atoms with Crippen molar-refractivity contribution in [3.05, 3.63) is 71.9 Å². The van der Waals surface area contributed by atoms with Gasteiger partial charge in [-0.2, -0.15) is 0 Å². The first-order valence-electron chi connectivity index (χ1n) is 9.70. The van der Waals surface area contributed by atoms with E-state index in [4.69, 9.17) is 9.47 Å². The fourth-order valence-electron chi connectivity index (χ4n) is 3.56. The fraction of sp³-hybridized carbons (Fsp3) is 0.217. The topological polar surface area (TPSA) is 60.9 Å². The maximum atomic E-state index is 12.8. The van der Waals surface area contributed by atoms with E-state index in [0.717, 1.165) is 17.2 Å². The number of alkyl halides is 3. The van der Waals surface area contributed by atoms with Gasteiger partial charge in [0.15, 0.2) is 6.61 Å². The van der Waals surface area contributed by atoms with Crippen LogP contribution in [0.2, 0.25) is 0 Å². The van der Waals surface area contributed by atoms with Crippen LogP contribution >= 0.6 is 0 Å². The van der Waals surface area contributed by atoms with Crippen molar-refractivity contribution in [3.8, 4) is 28.5 Å². The highest BCUT2D eigenvalue weighted by Gasteiger charge is 2.32. The number of fused-ring (bicyclic) bond motifs is 1. The molecular formula is C23H19F3N2O4. The molecule has 0 N–H and O–H groups in total. The number of nitrogens with zero attached hydrogens (tertiary/aromatic N) is 2. The molecule has 6 nitrogen and oxygen atoms in total. The lowest BCUT2D eigenvalue weighted by molar-refractivity contribution is -0.274. The molecule has 2 heterocycles. The van der Waals surface area contributed by atoms with Crippen molar-refractivity contribution in [1.29, 1.82) is 0 Å². The van der Waals surface area contributed by atoms with Crippen molar-refractivity contribution in [3.63, 3.8) is 0 Å². The number of ether oxygens (including phenoxy) is 3. The molecule has 0 unspecified atom stereocenters. The number of pyridine rings is 1. The van der Waals surface area contributed by atoms with Gasteiger partial charge in [-0.1, -0.05) is 30.3 Å². The normalized spacial score (nSPS) is 13.8. The van der Waals surface area contributed by atoms with E-state index >= 15 is 0 Å². The third-order valence-electron chi connectivity index (χ3n) is 4.98. The molecule has 0 atom stereocenters. The number of carbonyl (C=O) groups excluding carboxylic acids is 1. The second kappa shape index (κ2) is 8.78. The minimum absolute atomic E-state index is 0.00296. The third-order valence-corrected chi connectivity index (χ3v) is 4.98. The van der Waals surface area contributed by atoms with Crippen LogP contribution in [0.15, 0.2) is 60.8 Å². The highest BCUT2D eigenvalue weighted by atomic mass is 19.4. The summed E-state index contributed by atoms with van der Waals surface area (Å²) in [5.74, 6) is -0.0272. The number of hydrogen-bond acceptors (Lipinski definition) is 5. The quantitative estimate of drug-likeness (QED) is 0.577. The third kappa shape index (κ3) is 4.77. The molecule has 2 aromatic carbocycles. The van der Waals surface area contributed by atoms with Crippen LogP contribution in [0, 0.1) is 0 Å². The molecule has 4 rings (SSSR count). The summed E-state index contributed by atoms with van der Waals surface area (Å²) < 4.78 is 52.9. The van der Waals surface area contributed by atoms with E-state index in [9.17, 15) is 18.0 Å². The maximum absolute atomic E-state index is 12.8. The first-order chi connectivity index (χ1) is 15.3. The summed E-state index contributed by atoms with van der Waals surface area (Å²) in [6.07, 6.45) is -3.21. The van der Waals surface area contributed by atoms with Crippen LogP contribution in [0.3, 0.4) is 0 Å². The maximum Gasteiger partial charge on any atom is 0.573 e. The van der Waals surface area contributed by atoms with Gasteiger partial charge >= 0.3 is 6.36 Å². The molecule has 32 heavy (non-hydrogen) atoms. The molecular weight excluding hydrogens is 425 g/mol. The average Bonchev–Trinajstić information content (AvgIpc) is 2.92. The highest BCUT2D eigenvalue weighted by Crippen LogP contribution is 2.34. The van der Waals surface area contributed by atoms with Gasteiger partial charge in [0.05, 0.1) is 13.7 Å². The zero-order chi connectivity index (χ0) is 22.7. The second-order valence-corrected chi connectivity index (χ2v) is 7.07. The van der Waals surface area contributed by atoms with Crippen LogP contribution in [0.1, 0.15) is 11.1 Å². The van der Waals surface area contributed by atoms with Crippen LogP contribution < -0.4 is 14.2 Å². The molecule has 0 saturated carbocycles. The average molecular weight is 444 g/mol. The van der Waals surface area contributed by atoms with E-state index in [2.05, 4.69) is 9.72 Å². The van der Waals surface area contributed by atoms with Gasteiger partial charge in [-0.05, 0) is 35.4 Å². The number of carbonyl (C=O) groups is 1. The van der Waals surface area contributed by atoms with Crippen LogP contribution in [0.5, 0.6) is 17.4 Å². The van der Waals surface area contributed by atoms with Crippen molar-refractivity contribution in [2.24, 2.45) is 0 Å². The van der Waals surface area contributed by atoms with Gasteiger partial charge in [0.1, 0.15) is 11.5 Å². The smallest absolute Gasteiger partial charge is 0.496 e. The summed E-state index contributed by atoms with van der Waals surface area (Å²) in [6.45, 7) is -0.0674. The SMILES string of the molecule is COc1ccc(OC(F)(F)F)cc1CN1Cc2c(-c3ccccc3)ccnc2OCC1=O. The van der Waals surface area contributed by atoms with E-state index in [-0.39, 0.29) is 31.4 Å². The van der Waals surface area contributed by atoms with Crippen molar-refractivity contribution in [2.45, 2.75) is 19.5 Å². The number of halogens is 3. The Balaban J connectivity index is 1.68. The Bertz CT molecular complexity index is 1120. The number of methoxy groups -OCH3 is 1.